The molecular formula is C21H30F3NO8S2. The average molecular weight is 546 g/mol. The van der Waals surface area contributed by atoms with Gasteiger partial charge < -0.3 is 40.0 Å². The summed E-state index contributed by atoms with van der Waals surface area (Å²) < 4.78 is 53.8. The molecule has 200 valence electrons. The van der Waals surface area contributed by atoms with Crippen molar-refractivity contribution in [3.05, 3.63) is 35.4 Å². The molecule has 0 bridgehead atoms. The van der Waals surface area contributed by atoms with Gasteiger partial charge in [0, 0.05) is 18.1 Å². The molecule has 0 radical (unpaired) electrons. The minimum Gasteiger partial charge on any atom is -0.449 e. The van der Waals surface area contributed by atoms with E-state index in [-0.39, 0.29) is 19.8 Å². The molecule has 5 N–H and O–H groups in total. The number of halogens is 3. The van der Waals surface area contributed by atoms with Crippen LogP contribution in [0.25, 0.3) is 0 Å². The lowest BCUT2D eigenvalue weighted by atomic mass is 9.99. The molecule has 1 aliphatic heterocycles. The van der Waals surface area contributed by atoms with Crippen LogP contribution in [0.5, 0.6) is 0 Å². The molecule has 1 heterocycles. The third-order valence-electron chi connectivity index (χ3n) is 4.95. The number of amides is 1. The minimum atomic E-state index is -4.38. The van der Waals surface area contributed by atoms with E-state index in [9.17, 15) is 33.3 Å². The van der Waals surface area contributed by atoms with Crippen molar-refractivity contribution >= 4 is 27.7 Å². The Labute approximate surface area is 208 Å². The van der Waals surface area contributed by atoms with Gasteiger partial charge in [0.15, 0.2) is 6.29 Å². The average Bonchev–Trinajstić information content (AvgIpc) is 2.83. The maximum atomic E-state index is 12.7. The summed E-state index contributed by atoms with van der Waals surface area (Å²) in [5, 5.41) is 41.0. The topological polar surface area (TPSA) is 138 Å². The highest BCUT2D eigenvalue weighted by Crippen LogP contribution is 2.29. The number of ether oxygens (including phenoxy) is 3. The van der Waals surface area contributed by atoms with Crippen LogP contribution >= 0.6 is 21.6 Å². The van der Waals surface area contributed by atoms with Crippen molar-refractivity contribution in [2.45, 2.75) is 49.7 Å². The Kier molecular flexibility index (Phi) is 12.9. The van der Waals surface area contributed by atoms with Gasteiger partial charge in [-0.3, -0.25) is 0 Å². The smallest absolute Gasteiger partial charge is 0.416 e. The third-order valence-corrected chi connectivity index (χ3v) is 7.28. The van der Waals surface area contributed by atoms with Gasteiger partial charge in [-0.2, -0.15) is 13.2 Å². The maximum absolute atomic E-state index is 12.7. The highest BCUT2D eigenvalue weighted by Gasteiger charge is 2.43. The van der Waals surface area contributed by atoms with Gasteiger partial charge >= 0.3 is 12.3 Å². The normalized spacial score (nSPS) is 24.8. The van der Waals surface area contributed by atoms with E-state index < -0.39 is 55.1 Å². The second kappa shape index (κ2) is 15.1. The standard InChI is InChI=1S/C21H30F3NO8S2/c22-21(23,24)14-5-1-3-13(11-14)4-2-6-25-20(30)32-8-10-35-34-9-7-31-19-18(29)17(28)16(27)15(12-26)33-19/h1,3,5,11,15-19,26-29H,2,4,6-10,12H2,(H,25,30)/t15?,16-,17+,18-,19-/m1/s1. The molecule has 1 aromatic carbocycles. The Morgan fingerprint density at radius 2 is 1.80 bits per heavy atom. The molecule has 9 nitrogen and oxygen atoms in total. The van der Waals surface area contributed by atoms with Gasteiger partial charge in [-0.1, -0.05) is 39.8 Å². The molecule has 1 fully saturated rings. The fourth-order valence-corrected chi connectivity index (χ4v) is 4.79. The number of hydrogen-bond acceptors (Lipinski definition) is 10. The Balaban J connectivity index is 1.48. The molecule has 0 saturated carbocycles. The highest BCUT2D eigenvalue weighted by atomic mass is 33.1. The Bertz CT molecular complexity index is 774. The first-order valence-corrected chi connectivity index (χ1v) is 13.4. The van der Waals surface area contributed by atoms with Gasteiger partial charge in [-0.05, 0) is 24.5 Å². The number of carbonyl (C=O) groups is 1. The number of aryl methyl sites for hydroxylation is 1. The van der Waals surface area contributed by atoms with Crippen LogP contribution in [-0.2, 0) is 26.8 Å². The molecule has 35 heavy (non-hydrogen) atoms. The summed E-state index contributed by atoms with van der Waals surface area (Å²) in [7, 11) is 2.85. The van der Waals surface area contributed by atoms with E-state index in [0.717, 1.165) is 12.1 Å². The largest absolute Gasteiger partial charge is 0.449 e. The molecule has 1 aromatic rings. The van der Waals surface area contributed by atoms with E-state index in [2.05, 4.69) is 5.32 Å². The number of aliphatic hydroxyl groups is 4. The maximum Gasteiger partial charge on any atom is 0.416 e. The predicted molar refractivity (Wildman–Crippen MR) is 124 cm³/mol. The quantitative estimate of drug-likeness (QED) is 0.183. The van der Waals surface area contributed by atoms with Crippen molar-refractivity contribution in [2.75, 3.05) is 37.9 Å². The van der Waals surface area contributed by atoms with Crippen molar-refractivity contribution in [1.82, 2.24) is 5.32 Å². The van der Waals surface area contributed by atoms with Gasteiger partial charge in [-0.15, -0.1) is 0 Å². The van der Waals surface area contributed by atoms with Crippen molar-refractivity contribution in [2.24, 2.45) is 0 Å². The first kappa shape index (κ1) is 30.0. The molecule has 1 unspecified atom stereocenters. The second-order valence-electron chi connectivity index (χ2n) is 7.58. The van der Waals surface area contributed by atoms with E-state index in [1.807, 2.05) is 0 Å². The van der Waals surface area contributed by atoms with Gasteiger partial charge in [0.25, 0.3) is 0 Å². The van der Waals surface area contributed by atoms with Gasteiger partial charge in [-0.25, -0.2) is 4.79 Å². The van der Waals surface area contributed by atoms with E-state index in [1.54, 1.807) is 6.07 Å². The van der Waals surface area contributed by atoms with Crippen LogP contribution in [0.15, 0.2) is 24.3 Å². The Morgan fingerprint density at radius 3 is 2.49 bits per heavy atom. The highest BCUT2D eigenvalue weighted by molar-refractivity contribution is 8.76. The predicted octanol–water partition coefficient (Wildman–Crippen LogP) is 1.56. The van der Waals surface area contributed by atoms with Gasteiger partial charge in [0.2, 0.25) is 0 Å². The van der Waals surface area contributed by atoms with Crippen LogP contribution in [0.3, 0.4) is 0 Å². The summed E-state index contributed by atoms with van der Waals surface area (Å²) >= 11 is 0. The summed E-state index contributed by atoms with van der Waals surface area (Å²) in [5.74, 6) is 1.00. The molecule has 2 rings (SSSR count). The van der Waals surface area contributed by atoms with Crippen LogP contribution in [0.1, 0.15) is 17.5 Å². The molecule has 14 heteroatoms. The molecule has 0 spiro atoms. The lowest BCUT2D eigenvalue weighted by molar-refractivity contribution is -0.299. The second-order valence-corrected chi connectivity index (χ2v) is 10.3. The van der Waals surface area contributed by atoms with Crippen molar-refractivity contribution in [3.63, 3.8) is 0 Å². The zero-order valence-electron chi connectivity index (χ0n) is 18.7. The van der Waals surface area contributed by atoms with Crippen molar-refractivity contribution in [1.29, 1.82) is 0 Å². The number of benzene rings is 1. The van der Waals surface area contributed by atoms with Crippen LogP contribution in [0, 0.1) is 0 Å². The third kappa shape index (κ3) is 10.3. The number of carbonyl (C=O) groups excluding carboxylic acids is 1. The number of aliphatic hydroxyl groups excluding tert-OH is 4. The number of nitrogens with one attached hydrogen (secondary N) is 1. The zero-order valence-corrected chi connectivity index (χ0v) is 20.4. The first-order valence-electron chi connectivity index (χ1n) is 10.9. The molecule has 0 aliphatic carbocycles. The first-order chi connectivity index (χ1) is 16.6. The molecule has 1 aliphatic rings. The Morgan fingerprint density at radius 1 is 1.09 bits per heavy atom. The monoisotopic (exact) mass is 545 g/mol. The molecule has 1 amide bonds. The van der Waals surface area contributed by atoms with E-state index >= 15 is 0 Å². The fraction of sp³-hybridized carbons (Fsp3) is 0.667. The van der Waals surface area contributed by atoms with Crippen molar-refractivity contribution in [3.8, 4) is 0 Å². The lowest BCUT2D eigenvalue weighted by Gasteiger charge is -2.39. The summed E-state index contributed by atoms with van der Waals surface area (Å²) in [5.41, 5.74) is -0.155. The van der Waals surface area contributed by atoms with Crippen LogP contribution in [-0.4, -0.2) is 95.1 Å². The molecule has 5 atom stereocenters. The fourth-order valence-electron chi connectivity index (χ4n) is 3.13. The number of alkyl halides is 3. The van der Waals surface area contributed by atoms with E-state index in [4.69, 9.17) is 19.3 Å². The van der Waals surface area contributed by atoms with Crippen molar-refractivity contribution < 1.29 is 52.6 Å². The number of alkyl carbamates (subject to hydrolysis) is 1. The van der Waals surface area contributed by atoms with Crippen LogP contribution < -0.4 is 5.32 Å². The summed E-state index contributed by atoms with van der Waals surface area (Å²) in [6.07, 6.45) is -10.7. The van der Waals surface area contributed by atoms with Crippen LogP contribution in [0.2, 0.25) is 0 Å². The summed E-state index contributed by atoms with van der Waals surface area (Å²) in [6.45, 7) is 0.0728. The lowest BCUT2D eigenvalue weighted by Crippen LogP contribution is -2.59. The Hall–Kier alpha value is -1.26. The van der Waals surface area contributed by atoms with E-state index in [0.29, 0.717) is 29.9 Å². The van der Waals surface area contributed by atoms with E-state index in [1.165, 1.54) is 27.7 Å². The molecule has 0 aromatic heterocycles. The van der Waals surface area contributed by atoms with Gasteiger partial charge in [0.05, 0.1) is 18.8 Å². The summed E-state index contributed by atoms with van der Waals surface area (Å²) in [6, 6.07) is 5.08. The minimum absolute atomic E-state index is 0.157. The molecule has 1 saturated heterocycles. The van der Waals surface area contributed by atoms with Crippen LogP contribution in [0.4, 0.5) is 18.0 Å². The zero-order chi connectivity index (χ0) is 25.8. The van der Waals surface area contributed by atoms with Gasteiger partial charge in [0.1, 0.15) is 31.0 Å². The summed E-state index contributed by atoms with van der Waals surface area (Å²) in [4.78, 5) is 11.7. The SMILES string of the molecule is O=C(NCCCc1cccc(C(F)(F)F)c1)OCCSSCCO[C@@H]1OC(CO)[C@@H](O)[C@H](O)[C@H]1O. The number of rotatable bonds is 13. The number of hydrogen-bond donors (Lipinski definition) is 5. The molecular weight excluding hydrogens is 515 g/mol.